The molecule has 3 aromatic heterocycles. The molecule has 0 saturated carbocycles. The number of carbonyl (C=O) groups is 2. The first-order valence-corrected chi connectivity index (χ1v) is 9.11. The minimum Gasteiger partial charge on any atom is -0.478 e. The third-order valence-electron chi connectivity index (χ3n) is 4.44. The third-order valence-corrected chi connectivity index (χ3v) is 5.14. The molecular formula is C18H14FN5O3S. The second kappa shape index (κ2) is 6.89. The molecule has 10 heteroatoms. The monoisotopic (exact) mass is 399 g/mol. The summed E-state index contributed by atoms with van der Waals surface area (Å²) >= 11 is 1.45. The zero-order valence-electron chi connectivity index (χ0n) is 14.2. The Balaban J connectivity index is 1.94. The molecule has 0 bridgehead atoms. The van der Waals surface area contributed by atoms with Gasteiger partial charge in [0.25, 0.3) is 0 Å². The highest BCUT2D eigenvalue weighted by molar-refractivity contribution is 7.08. The molecule has 0 radical (unpaired) electrons. The van der Waals surface area contributed by atoms with Crippen molar-refractivity contribution in [1.29, 1.82) is 0 Å². The number of halogens is 1. The molecule has 4 heterocycles. The van der Waals surface area contributed by atoms with Crippen LogP contribution in [-0.2, 0) is 4.79 Å². The Morgan fingerprint density at radius 3 is 2.71 bits per heavy atom. The molecule has 0 aromatic carbocycles. The topological polar surface area (TPSA) is 121 Å². The molecule has 1 amide bonds. The molecule has 4 rings (SSSR count). The van der Waals surface area contributed by atoms with Gasteiger partial charge in [0, 0.05) is 18.0 Å². The van der Waals surface area contributed by atoms with Crippen molar-refractivity contribution in [2.75, 3.05) is 10.2 Å². The van der Waals surface area contributed by atoms with E-state index in [2.05, 4.69) is 15.3 Å². The van der Waals surface area contributed by atoms with Crippen molar-refractivity contribution in [2.45, 2.75) is 12.2 Å². The average Bonchev–Trinajstić information content (AvgIpc) is 3.29. The van der Waals surface area contributed by atoms with Gasteiger partial charge in [0.2, 0.25) is 11.9 Å². The van der Waals surface area contributed by atoms with E-state index >= 15 is 0 Å². The van der Waals surface area contributed by atoms with Gasteiger partial charge in [0.15, 0.2) is 5.82 Å². The maximum absolute atomic E-state index is 13.7. The van der Waals surface area contributed by atoms with Crippen molar-refractivity contribution in [3.63, 3.8) is 0 Å². The fraction of sp³-hybridized carbons (Fsp3) is 0.111. The summed E-state index contributed by atoms with van der Waals surface area (Å²) in [6.07, 6.45) is 1.99. The minimum absolute atomic E-state index is 0.0454. The quantitative estimate of drug-likeness (QED) is 0.564. The first kappa shape index (κ1) is 17.9. The van der Waals surface area contributed by atoms with Gasteiger partial charge in [-0.3, -0.25) is 4.79 Å². The molecule has 8 nitrogen and oxygen atoms in total. The number of anilines is 2. The Hall–Kier alpha value is -3.53. The van der Waals surface area contributed by atoms with Crippen molar-refractivity contribution in [3.8, 4) is 0 Å². The van der Waals surface area contributed by atoms with E-state index in [1.54, 1.807) is 0 Å². The summed E-state index contributed by atoms with van der Waals surface area (Å²) in [5.41, 5.74) is 6.90. The number of fused-ring (bicyclic) bond motifs is 1. The van der Waals surface area contributed by atoms with Crippen LogP contribution in [0, 0.1) is 5.95 Å². The molecule has 2 unspecified atom stereocenters. The number of pyridine rings is 2. The second-order valence-electron chi connectivity index (χ2n) is 6.09. The molecule has 0 spiro atoms. The average molecular weight is 399 g/mol. The lowest BCUT2D eigenvalue weighted by Crippen LogP contribution is -2.40. The molecule has 2 atom stereocenters. The van der Waals surface area contributed by atoms with Crippen molar-refractivity contribution in [1.82, 2.24) is 9.97 Å². The Kier molecular flexibility index (Phi) is 4.40. The predicted molar refractivity (Wildman–Crippen MR) is 100 cm³/mol. The summed E-state index contributed by atoms with van der Waals surface area (Å²) in [5.74, 6) is -2.41. The van der Waals surface area contributed by atoms with Gasteiger partial charge in [-0.05, 0) is 40.6 Å². The second-order valence-corrected chi connectivity index (χ2v) is 6.87. The maximum atomic E-state index is 13.7. The zero-order valence-corrected chi connectivity index (χ0v) is 15.1. The first-order valence-electron chi connectivity index (χ1n) is 8.17. The van der Waals surface area contributed by atoms with Crippen molar-refractivity contribution in [2.24, 2.45) is 5.73 Å². The largest absolute Gasteiger partial charge is 0.478 e. The Morgan fingerprint density at radius 2 is 2.07 bits per heavy atom. The molecule has 0 saturated heterocycles. The van der Waals surface area contributed by atoms with Crippen LogP contribution in [0.25, 0.3) is 0 Å². The highest BCUT2D eigenvalue weighted by Crippen LogP contribution is 2.47. The van der Waals surface area contributed by atoms with E-state index in [4.69, 9.17) is 5.73 Å². The molecule has 1 aliphatic heterocycles. The van der Waals surface area contributed by atoms with Crippen molar-refractivity contribution >= 4 is 34.7 Å². The minimum atomic E-state index is -1.18. The van der Waals surface area contributed by atoms with E-state index in [0.717, 1.165) is 11.6 Å². The van der Waals surface area contributed by atoms with E-state index in [1.165, 1.54) is 40.8 Å². The van der Waals surface area contributed by atoms with Gasteiger partial charge in [0.05, 0.1) is 11.3 Å². The molecule has 0 fully saturated rings. The lowest BCUT2D eigenvalue weighted by Gasteiger charge is -2.33. The number of rotatable bonds is 5. The molecule has 28 heavy (non-hydrogen) atoms. The Bertz CT molecular complexity index is 1060. The lowest BCUT2D eigenvalue weighted by atomic mass is 10.0. The van der Waals surface area contributed by atoms with Crippen molar-refractivity contribution < 1.29 is 19.1 Å². The molecule has 4 N–H and O–H groups in total. The summed E-state index contributed by atoms with van der Waals surface area (Å²) in [7, 11) is 0. The normalized spacial score (nSPS) is 16.3. The number of aromatic nitrogens is 2. The van der Waals surface area contributed by atoms with E-state index < -0.39 is 30.0 Å². The van der Waals surface area contributed by atoms with Crippen LogP contribution in [0.3, 0.4) is 0 Å². The van der Waals surface area contributed by atoms with Crippen LogP contribution in [0.15, 0.2) is 47.4 Å². The van der Waals surface area contributed by atoms with Gasteiger partial charge < -0.3 is 21.1 Å². The standard InChI is InChI=1S/C18H14FN5O3S/c19-12-7-9(1-4-21-12)13(15(20)25)24-14-11(18(26)27)2-5-22-16(14)23-17(24)10-3-6-28-8-10/h1-8,13,17H,(H2,20,25)(H,22,23)(H,26,27). The zero-order chi connectivity index (χ0) is 19.8. The van der Waals surface area contributed by atoms with Crippen LogP contribution in [-0.4, -0.2) is 27.0 Å². The van der Waals surface area contributed by atoms with E-state index in [9.17, 15) is 19.1 Å². The van der Waals surface area contributed by atoms with Crippen LogP contribution in [0.4, 0.5) is 15.9 Å². The SMILES string of the molecule is NC(=O)C(c1ccnc(F)c1)N1c2c(C(=O)O)ccnc2NC1c1ccsc1. The van der Waals surface area contributed by atoms with Crippen LogP contribution in [0.5, 0.6) is 0 Å². The lowest BCUT2D eigenvalue weighted by molar-refractivity contribution is -0.119. The molecule has 3 aromatic rings. The van der Waals surface area contributed by atoms with E-state index in [-0.39, 0.29) is 16.8 Å². The van der Waals surface area contributed by atoms with Crippen LogP contribution < -0.4 is 16.0 Å². The maximum Gasteiger partial charge on any atom is 0.338 e. The number of hydrogen-bond acceptors (Lipinski definition) is 7. The summed E-state index contributed by atoms with van der Waals surface area (Å²) in [5, 5.41) is 16.5. The van der Waals surface area contributed by atoms with Gasteiger partial charge >= 0.3 is 5.97 Å². The highest BCUT2D eigenvalue weighted by atomic mass is 32.1. The smallest absolute Gasteiger partial charge is 0.338 e. The third kappa shape index (κ3) is 2.93. The molecule has 0 aliphatic carbocycles. The van der Waals surface area contributed by atoms with E-state index in [0.29, 0.717) is 5.82 Å². The number of nitrogens with one attached hydrogen (secondary N) is 1. The van der Waals surface area contributed by atoms with Crippen molar-refractivity contribution in [3.05, 3.63) is 70.1 Å². The van der Waals surface area contributed by atoms with Gasteiger partial charge in [0.1, 0.15) is 12.2 Å². The number of carboxylic acids is 1. The number of primary amides is 1. The van der Waals surface area contributed by atoms with Crippen LogP contribution in [0.1, 0.15) is 33.7 Å². The van der Waals surface area contributed by atoms with Gasteiger partial charge in [-0.2, -0.15) is 15.7 Å². The first-order chi connectivity index (χ1) is 13.5. The van der Waals surface area contributed by atoms with Gasteiger partial charge in [-0.1, -0.05) is 0 Å². The number of carbonyl (C=O) groups excluding carboxylic acids is 1. The molecule has 1 aliphatic rings. The van der Waals surface area contributed by atoms with Gasteiger partial charge in [-0.15, -0.1) is 0 Å². The molecule has 142 valence electrons. The fourth-order valence-electron chi connectivity index (χ4n) is 3.32. The fourth-order valence-corrected chi connectivity index (χ4v) is 4.00. The van der Waals surface area contributed by atoms with Gasteiger partial charge in [-0.25, -0.2) is 14.8 Å². The highest BCUT2D eigenvalue weighted by Gasteiger charge is 2.42. The Labute approximate surface area is 162 Å². The van der Waals surface area contributed by atoms with Crippen LogP contribution in [0.2, 0.25) is 0 Å². The number of carboxylic acid groups (broad SMARTS) is 1. The van der Waals surface area contributed by atoms with E-state index in [1.807, 2.05) is 16.8 Å². The summed E-state index contributed by atoms with van der Waals surface area (Å²) in [6, 6.07) is 4.62. The Morgan fingerprint density at radius 1 is 1.29 bits per heavy atom. The van der Waals surface area contributed by atoms with Crippen LogP contribution >= 0.6 is 11.3 Å². The summed E-state index contributed by atoms with van der Waals surface area (Å²) in [6.45, 7) is 0. The number of aromatic carboxylic acids is 1. The number of nitrogens with two attached hydrogens (primary N) is 1. The summed E-state index contributed by atoms with van der Waals surface area (Å²) in [4.78, 5) is 33.5. The number of thiophene rings is 1. The number of amides is 1. The summed E-state index contributed by atoms with van der Waals surface area (Å²) < 4.78 is 13.7. The molecular weight excluding hydrogens is 385 g/mol. The predicted octanol–water partition coefficient (Wildman–Crippen LogP) is 2.53. The number of nitrogens with zero attached hydrogens (tertiary/aromatic N) is 3. The number of hydrogen-bond donors (Lipinski definition) is 3.